The number of aliphatic imine (C=N–C) groups is 1. The summed E-state index contributed by atoms with van der Waals surface area (Å²) in [6.07, 6.45) is -2.97. The van der Waals surface area contributed by atoms with Crippen LogP contribution in [0.4, 0.5) is 24.8 Å². The number of fused-ring (bicyclic) bond motifs is 1. The minimum absolute atomic E-state index is 0.0540. The van der Waals surface area contributed by atoms with Crippen LogP contribution in [0.3, 0.4) is 0 Å². The van der Waals surface area contributed by atoms with Gasteiger partial charge in [0.25, 0.3) is 0 Å². The second kappa shape index (κ2) is 10.4. The van der Waals surface area contributed by atoms with Gasteiger partial charge in [0.1, 0.15) is 0 Å². The Labute approximate surface area is 230 Å². The van der Waals surface area contributed by atoms with Crippen molar-refractivity contribution in [3.63, 3.8) is 0 Å². The van der Waals surface area contributed by atoms with Crippen molar-refractivity contribution in [2.24, 2.45) is 4.99 Å². The number of benzene rings is 1. The molecule has 1 spiro atoms. The molecule has 208 valence electrons. The van der Waals surface area contributed by atoms with Crippen LogP contribution < -0.4 is 22.1 Å². The summed E-state index contributed by atoms with van der Waals surface area (Å²) in [5.74, 6) is -2.43. The van der Waals surface area contributed by atoms with E-state index in [2.05, 4.69) is 29.9 Å². The first kappa shape index (κ1) is 27.3. The monoisotopic (exact) mass is 583 g/mol. The molecule has 6 N–H and O–H groups in total. The third-order valence-corrected chi connectivity index (χ3v) is 8.30. The summed E-state index contributed by atoms with van der Waals surface area (Å²) in [5, 5.41) is 6.30. The predicted molar refractivity (Wildman–Crippen MR) is 140 cm³/mol. The lowest BCUT2D eigenvalue weighted by molar-refractivity contribution is -0.186. The molecule has 3 aliphatic rings. The number of amides is 2. The molecule has 0 unspecified atom stereocenters. The lowest BCUT2D eigenvalue weighted by Gasteiger charge is -2.38. The molecule has 3 aliphatic heterocycles. The quantitative estimate of drug-likeness (QED) is 0.394. The maximum atomic E-state index is 12.9. The van der Waals surface area contributed by atoms with Crippen molar-refractivity contribution in [1.29, 1.82) is 0 Å². The number of nitrogens with one attached hydrogen (secondary N) is 2. The number of carbonyl (C=O) groups is 2. The van der Waals surface area contributed by atoms with Gasteiger partial charge in [-0.05, 0) is 54.5 Å². The highest BCUT2D eigenvalue weighted by Crippen LogP contribution is 2.34. The molecule has 11 nitrogen and oxygen atoms in total. The minimum atomic E-state index is -4.88. The van der Waals surface area contributed by atoms with E-state index in [9.17, 15) is 22.8 Å². The van der Waals surface area contributed by atoms with Gasteiger partial charge in [-0.3, -0.25) is 9.59 Å². The van der Waals surface area contributed by atoms with Crippen molar-refractivity contribution in [2.45, 2.75) is 42.4 Å². The van der Waals surface area contributed by atoms with Gasteiger partial charge in [0.15, 0.2) is 28.4 Å². The van der Waals surface area contributed by atoms with Gasteiger partial charge in [0.05, 0.1) is 5.54 Å². The third-order valence-electron chi connectivity index (χ3n) is 6.93. The molecule has 2 aromatic rings. The van der Waals surface area contributed by atoms with Gasteiger partial charge in [-0.1, -0.05) is 17.7 Å². The van der Waals surface area contributed by atoms with Crippen molar-refractivity contribution < 1.29 is 22.8 Å². The van der Waals surface area contributed by atoms with Crippen LogP contribution in [0.5, 0.6) is 0 Å². The van der Waals surface area contributed by atoms with Gasteiger partial charge in [-0.2, -0.15) is 18.2 Å². The minimum Gasteiger partial charge on any atom is -0.382 e. The normalized spacial score (nSPS) is 20.0. The summed E-state index contributed by atoms with van der Waals surface area (Å²) < 4.78 is 40.8. The first-order valence-corrected chi connectivity index (χ1v) is 13.2. The molecule has 2 amide bonds. The van der Waals surface area contributed by atoms with E-state index in [1.165, 1.54) is 11.9 Å². The van der Waals surface area contributed by atoms with Gasteiger partial charge < -0.3 is 27.0 Å². The molecule has 1 aromatic carbocycles. The lowest BCUT2D eigenvalue weighted by Crippen LogP contribution is -2.51. The van der Waals surface area contributed by atoms with Crippen LogP contribution in [0.1, 0.15) is 34.5 Å². The fourth-order valence-corrected chi connectivity index (χ4v) is 5.93. The molecule has 2 fully saturated rings. The average Bonchev–Trinajstić information content (AvgIpc) is 3.28. The number of hydrogen-bond acceptors (Lipinski definition) is 8. The summed E-state index contributed by atoms with van der Waals surface area (Å²) >= 11 is 7.39. The van der Waals surface area contributed by atoms with E-state index < -0.39 is 18.0 Å². The molecular weight excluding hydrogens is 559 g/mol. The number of piperidine rings is 1. The van der Waals surface area contributed by atoms with Crippen LogP contribution in [0.2, 0.25) is 5.15 Å². The largest absolute Gasteiger partial charge is 0.471 e. The second-order valence-electron chi connectivity index (χ2n) is 9.58. The predicted octanol–water partition coefficient (Wildman–Crippen LogP) is 1.97. The molecule has 1 aromatic heterocycles. The molecule has 0 saturated carbocycles. The number of rotatable bonds is 3. The molecule has 2 saturated heterocycles. The fraction of sp³-hybridized carbons (Fsp3) is 0.435. The first-order chi connectivity index (χ1) is 18.4. The Bertz CT molecular complexity index is 1350. The van der Waals surface area contributed by atoms with Crippen molar-refractivity contribution in [1.82, 2.24) is 29.8 Å². The SMILES string of the molecule is Nc1nc(N)c(C(=O)/N=C2\NCC3(CCN(Sc4ccc5c(c4)CN(C(=O)C(F)(F)F)CC5)CC3)N2)nc1Cl. The summed E-state index contributed by atoms with van der Waals surface area (Å²) in [4.78, 5) is 37.7. The van der Waals surface area contributed by atoms with E-state index in [-0.39, 0.29) is 41.1 Å². The number of nitrogens with two attached hydrogens (primary N) is 2. The van der Waals surface area contributed by atoms with Crippen LogP contribution in [0.15, 0.2) is 28.1 Å². The van der Waals surface area contributed by atoms with Crippen LogP contribution >= 0.6 is 23.5 Å². The summed E-state index contributed by atoms with van der Waals surface area (Å²) in [6, 6.07) is 5.75. The highest BCUT2D eigenvalue weighted by molar-refractivity contribution is 7.97. The van der Waals surface area contributed by atoms with Crippen LogP contribution in [-0.2, 0) is 17.8 Å². The molecule has 16 heteroatoms. The summed E-state index contributed by atoms with van der Waals surface area (Å²) in [5.41, 5.74) is 12.5. The molecular formula is C23H25ClF3N9O2S. The van der Waals surface area contributed by atoms with E-state index in [0.29, 0.717) is 18.9 Å². The number of alkyl halides is 3. The Balaban J connectivity index is 1.17. The van der Waals surface area contributed by atoms with E-state index >= 15 is 0 Å². The Morgan fingerprint density at radius 1 is 1.10 bits per heavy atom. The van der Waals surface area contributed by atoms with Crippen molar-refractivity contribution in [2.75, 3.05) is 37.6 Å². The number of carbonyl (C=O) groups excluding carboxylic acids is 2. The number of aromatic nitrogens is 2. The van der Waals surface area contributed by atoms with Crippen molar-refractivity contribution in [3.05, 3.63) is 40.2 Å². The third kappa shape index (κ3) is 5.84. The molecule has 4 heterocycles. The topological polar surface area (TPSA) is 155 Å². The number of anilines is 2. The smallest absolute Gasteiger partial charge is 0.382 e. The van der Waals surface area contributed by atoms with E-state index in [0.717, 1.165) is 46.9 Å². The van der Waals surface area contributed by atoms with Gasteiger partial charge in [-0.25, -0.2) is 14.3 Å². The molecule has 0 aliphatic carbocycles. The van der Waals surface area contributed by atoms with E-state index in [1.807, 2.05) is 18.2 Å². The number of nitrogens with zero attached hydrogens (tertiary/aromatic N) is 5. The molecule has 5 rings (SSSR count). The maximum Gasteiger partial charge on any atom is 0.471 e. The van der Waals surface area contributed by atoms with E-state index in [1.54, 1.807) is 0 Å². The van der Waals surface area contributed by atoms with Gasteiger partial charge in [0.2, 0.25) is 0 Å². The summed E-state index contributed by atoms with van der Waals surface area (Å²) in [6.45, 7) is 2.02. The van der Waals surface area contributed by atoms with Crippen molar-refractivity contribution in [3.8, 4) is 0 Å². The lowest BCUT2D eigenvalue weighted by atomic mass is 9.90. The highest BCUT2D eigenvalue weighted by Gasteiger charge is 2.43. The number of nitrogen functional groups attached to an aromatic ring is 2. The number of hydrogen-bond donors (Lipinski definition) is 4. The zero-order valence-electron chi connectivity index (χ0n) is 20.5. The van der Waals surface area contributed by atoms with Crippen LogP contribution in [0, 0.1) is 0 Å². The van der Waals surface area contributed by atoms with Gasteiger partial charge in [-0.15, -0.1) is 0 Å². The zero-order valence-corrected chi connectivity index (χ0v) is 22.1. The van der Waals surface area contributed by atoms with Crippen molar-refractivity contribution >= 4 is 53.0 Å². The fourth-order valence-electron chi connectivity index (χ4n) is 4.81. The molecule has 0 atom stereocenters. The average molecular weight is 584 g/mol. The van der Waals surface area contributed by atoms with Crippen LogP contribution in [-0.4, -0.2) is 74.8 Å². The molecule has 0 radical (unpaired) electrons. The standard InChI is InChI=1S/C23H25ClF3N9O2S/c24-16-18(29)32-17(28)15(31-16)19(37)33-21-30-11-22(34-21)4-7-36(8-5-22)39-14-2-1-12-3-6-35(10-13(12)9-14)20(38)23(25,26)27/h1-2,9H,3-8,10-11H2,(H4,28,29,32)(H2,30,33,34,37). The number of guanidine groups is 1. The summed E-state index contributed by atoms with van der Waals surface area (Å²) in [7, 11) is 0. The van der Waals surface area contributed by atoms with Gasteiger partial charge >= 0.3 is 18.0 Å². The maximum absolute atomic E-state index is 12.9. The molecule has 39 heavy (non-hydrogen) atoms. The zero-order chi connectivity index (χ0) is 27.9. The Morgan fingerprint density at radius 2 is 1.85 bits per heavy atom. The Hall–Kier alpha value is -3.30. The molecule has 0 bridgehead atoms. The number of halogens is 4. The Kier molecular flexibility index (Phi) is 7.24. The Morgan fingerprint density at radius 3 is 2.56 bits per heavy atom. The first-order valence-electron chi connectivity index (χ1n) is 12.1. The van der Waals surface area contributed by atoms with E-state index in [4.69, 9.17) is 23.1 Å². The van der Waals surface area contributed by atoms with Gasteiger partial charge in [0, 0.05) is 37.6 Å². The second-order valence-corrected chi connectivity index (χ2v) is 11.1. The van der Waals surface area contributed by atoms with Crippen LogP contribution in [0.25, 0.3) is 0 Å². The highest BCUT2D eigenvalue weighted by atomic mass is 35.5.